The molecule has 0 amide bonds. The molecule has 0 aliphatic heterocycles. The molecule has 6 heteroatoms. The highest BCUT2D eigenvalue weighted by Gasteiger charge is 2.13. The van der Waals surface area contributed by atoms with Crippen LogP contribution in [0.15, 0.2) is 6.07 Å². The van der Waals surface area contributed by atoms with Crippen molar-refractivity contribution < 1.29 is 9.90 Å². The molecule has 2 nitrogen and oxygen atoms in total. The van der Waals surface area contributed by atoms with Crippen molar-refractivity contribution in [2.24, 2.45) is 0 Å². The molecule has 0 aliphatic carbocycles. The van der Waals surface area contributed by atoms with Crippen LogP contribution in [0.5, 0.6) is 0 Å². The monoisotopic (exact) mass is 257 g/mol. The van der Waals surface area contributed by atoms with E-state index in [9.17, 15) is 9.90 Å². The summed E-state index contributed by atoms with van der Waals surface area (Å²) in [5.41, 5.74) is -0.277. The minimum Gasteiger partial charge on any atom is -0.545 e. The van der Waals surface area contributed by atoms with Crippen LogP contribution in [0, 0.1) is 0 Å². The third kappa shape index (κ3) is 2.02. The van der Waals surface area contributed by atoms with Gasteiger partial charge in [-0.2, -0.15) is 0 Å². The number of rotatable bonds is 1. The summed E-state index contributed by atoms with van der Waals surface area (Å²) in [5, 5.41) is 10.3. The Kier molecular flexibility index (Phi) is 3.30. The highest BCUT2D eigenvalue weighted by molar-refractivity contribution is 6.52. The third-order valence-electron chi connectivity index (χ3n) is 1.32. The van der Waals surface area contributed by atoms with E-state index in [1.54, 1.807) is 0 Å². The Morgan fingerprint density at radius 2 is 1.62 bits per heavy atom. The first kappa shape index (κ1) is 10.9. The minimum atomic E-state index is -1.45. The summed E-state index contributed by atoms with van der Waals surface area (Å²) >= 11 is 22.3. The van der Waals surface area contributed by atoms with Gasteiger partial charge in [0.15, 0.2) is 0 Å². The van der Waals surface area contributed by atoms with E-state index in [4.69, 9.17) is 46.4 Å². The van der Waals surface area contributed by atoms with E-state index in [0.29, 0.717) is 0 Å². The SMILES string of the molecule is O=C([O-])c1cc(Cl)c(Cl)c(Cl)c1Cl. The zero-order valence-electron chi connectivity index (χ0n) is 5.91. The summed E-state index contributed by atoms with van der Waals surface area (Å²) in [4.78, 5) is 10.5. The van der Waals surface area contributed by atoms with Gasteiger partial charge in [-0.15, -0.1) is 0 Å². The maximum absolute atomic E-state index is 10.5. The topological polar surface area (TPSA) is 40.1 Å². The predicted molar refractivity (Wildman–Crippen MR) is 50.8 cm³/mol. The number of carbonyl (C=O) groups is 1. The fraction of sp³-hybridized carbons (Fsp3) is 0. The Morgan fingerprint density at radius 3 is 2.08 bits per heavy atom. The van der Waals surface area contributed by atoms with Crippen molar-refractivity contribution in [2.45, 2.75) is 0 Å². The first-order valence-corrected chi connectivity index (χ1v) is 4.50. The number of benzene rings is 1. The van der Waals surface area contributed by atoms with Crippen molar-refractivity contribution in [1.29, 1.82) is 0 Å². The molecule has 70 valence electrons. The lowest BCUT2D eigenvalue weighted by Gasteiger charge is -2.09. The summed E-state index contributed by atoms with van der Waals surface area (Å²) in [6.07, 6.45) is 0. The van der Waals surface area contributed by atoms with Crippen LogP contribution in [0.4, 0.5) is 0 Å². The predicted octanol–water partition coefficient (Wildman–Crippen LogP) is 2.66. The molecule has 1 aromatic carbocycles. The van der Waals surface area contributed by atoms with Gasteiger partial charge >= 0.3 is 0 Å². The smallest absolute Gasteiger partial charge is 0.0800 e. The summed E-state index contributed by atoms with van der Waals surface area (Å²) in [5.74, 6) is -1.45. The van der Waals surface area contributed by atoms with Crippen molar-refractivity contribution in [1.82, 2.24) is 0 Å². The highest BCUT2D eigenvalue weighted by Crippen LogP contribution is 2.37. The standard InChI is InChI=1S/C7H2Cl4O2/c8-3-1-2(7(12)13)4(9)6(11)5(3)10/h1H,(H,12,13)/p-1. The van der Waals surface area contributed by atoms with Gasteiger partial charge in [0.05, 0.1) is 26.1 Å². The molecule has 0 spiro atoms. The molecule has 0 unspecified atom stereocenters. The third-order valence-corrected chi connectivity index (χ3v) is 3.07. The van der Waals surface area contributed by atoms with E-state index < -0.39 is 5.97 Å². The molecule has 0 N–H and O–H groups in total. The second kappa shape index (κ2) is 3.93. The molecule has 0 fully saturated rings. The Morgan fingerprint density at radius 1 is 1.08 bits per heavy atom. The van der Waals surface area contributed by atoms with Gasteiger partial charge in [0.2, 0.25) is 0 Å². The number of halogens is 4. The average Bonchev–Trinajstić information content (AvgIpc) is 2.07. The van der Waals surface area contributed by atoms with Crippen LogP contribution >= 0.6 is 46.4 Å². The summed E-state index contributed by atoms with van der Waals surface area (Å²) < 4.78 is 0. The molecule has 0 bridgehead atoms. The van der Waals surface area contributed by atoms with Crippen LogP contribution in [-0.2, 0) is 0 Å². The Balaban J connectivity index is 3.50. The van der Waals surface area contributed by atoms with Gasteiger partial charge in [0, 0.05) is 5.56 Å². The molecule has 0 atom stereocenters. The summed E-state index contributed by atoms with van der Waals surface area (Å²) in [6.45, 7) is 0. The van der Waals surface area contributed by atoms with E-state index in [0.717, 1.165) is 6.07 Å². The molecule has 0 radical (unpaired) electrons. The highest BCUT2D eigenvalue weighted by atomic mass is 35.5. The number of carboxylic acids is 1. The summed E-state index contributed by atoms with van der Waals surface area (Å²) in [6, 6.07) is 1.09. The van der Waals surface area contributed by atoms with Crippen molar-refractivity contribution in [2.75, 3.05) is 0 Å². The largest absolute Gasteiger partial charge is 0.545 e. The molecule has 1 rings (SSSR count). The number of aromatic carboxylic acids is 1. The summed E-state index contributed by atoms with van der Waals surface area (Å²) in [7, 11) is 0. The zero-order chi connectivity index (χ0) is 10.2. The van der Waals surface area contributed by atoms with Gasteiger partial charge in [0.1, 0.15) is 0 Å². The van der Waals surface area contributed by atoms with Gasteiger partial charge in [0.25, 0.3) is 0 Å². The van der Waals surface area contributed by atoms with Gasteiger partial charge < -0.3 is 9.90 Å². The van der Waals surface area contributed by atoms with Crippen molar-refractivity contribution in [3.8, 4) is 0 Å². The van der Waals surface area contributed by atoms with Gasteiger partial charge in [-0.25, -0.2) is 0 Å². The van der Waals surface area contributed by atoms with Crippen LogP contribution in [0.2, 0.25) is 20.1 Å². The van der Waals surface area contributed by atoms with Crippen LogP contribution in [0.25, 0.3) is 0 Å². The molecular formula is C7HCl4O2-. The molecule has 0 saturated heterocycles. The fourth-order valence-corrected chi connectivity index (χ4v) is 1.60. The van der Waals surface area contributed by atoms with Crippen LogP contribution in [-0.4, -0.2) is 5.97 Å². The van der Waals surface area contributed by atoms with E-state index in [-0.39, 0.29) is 25.7 Å². The molecule has 1 aromatic rings. The Hall–Kier alpha value is -0.150. The molecule has 13 heavy (non-hydrogen) atoms. The molecule has 0 saturated carbocycles. The molecular weight excluding hydrogens is 258 g/mol. The van der Waals surface area contributed by atoms with E-state index in [1.165, 1.54) is 0 Å². The van der Waals surface area contributed by atoms with Crippen molar-refractivity contribution in [3.63, 3.8) is 0 Å². The maximum Gasteiger partial charge on any atom is 0.0800 e. The van der Waals surface area contributed by atoms with Crippen LogP contribution in [0.1, 0.15) is 10.4 Å². The first-order chi connectivity index (χ1) is 5.95. The van der Waals surface area contributed by atoms with Gasteiger partial charge in [-0.05, 0) is 6.07 Å². The average molecular weight is 259 g/mol. The fourth-order valence-electron chi connectivity index (χ4n) is 0.721. The maximum atomic E-state index is 10.5. The normalized spacial score (nSPS) is 10.2. The second-order valence-electron chi connectivity index (χ2n) is 2.14. The lowest BCUT2D eigenvalue weighted by Crippen LogP contribution is -2.22. The molecule has 0 heterocycles. The second-order valence-corrected chi connectivity index (χ2v) is 3.68. The van der Waals surface area contributed by atoms with Crippen molar-refractivity contribution >= 4 is 52.4 Å². The Labute approximate surface area is 94.0 Å². The molecule has 0 aromatic heterocycles. The minimum absolute atomic E-state index is 0.0234. The Bertz CT molecular complexity index is 375. The van der Waals surface area contributed by atoms with E-state index in [1.807, 2.05) is 0 Å². The van der Waals surface area contributed by atoms with E-state index in [2.05, 4.69) is 0 Å². The van der Waals surface area contributed by atoms with Gasteiger partial charge in [-0.1, -0.05) is 46.4 Å². The zero-order valence-corrected chi connectivity index (χ0v) is 8.93. The quantitative estimate of drug-likeness (QED) is 0.574. The number of carboxylic acid groups (broad SMARTS) is 1. The first-order valence-electron chi connectivity index (χ1n) is 2.99. The van der Waals surface area contributed by atoms with E-state index >= 15 is 0 Å². The van der Waals surface area contributed by atoms with Gasteiger partial charge in [-0.3, -0.25) is 0 Å². The number of hydrogen-bond donors (Lipinski definition) is 0. The van der Waals surface area contributed by atoms with Crippen LogP contribution in [0.3, 0.4) is 0 Å². The number of carbonyl (C=O) groups excluding carboxylic acids is 1. The van der Waals surface area contributed by atoms with Crippen LogP contribution < -0.4 is 5.11 Å². The number of hydrogen-bond acceptors (Lipinski definition) is 2. The lowest BCUT2D eigenvalue weighted by atomic mass is 10.2. The lowest BCUT2D eigenvalue weighted by molar-refractivity contribution is -0.255. The van der Waals surface area contributed by atoms with Crippen molar-refractivity contribution in [3.05, 3.63) is 31.7 Å². The molecule has 0 aliphatic rings.